The molecule has 5 aromatic rings. The highest BCUT2D eigenvalue weighted by molar-refractivity contribution is 5.90. The van der Waals surface area contributed by atoms with Gasteiger partial charge in [0.15, 0.2) is 0 Å². The van der Waals surface area contributed by atoms with Crippen LogP contribution in [0.5, 0.6) is 0 Å². The summed E-state index contributed by atoms with van der Waals surface area (Å²) in [5.41, 5.74) is 6.82. The molecule has 0 spiro atoms. The Labute approximate surface area is 187 Å². The average molecular weight is 420 g/mol. The fraction of sp³-hybridized carbons (Fsp3) is 0.185. The van der Waals surface area contributed by atoms with Crippen molar-refractivity contribution in [2.45, 2.75) is 31.8 Å². The Kier molecular flexibility index (Phi) is 4.62. The van der Waals surface area contributed by atoms with Gasteiger partial charge in [0.05, 0.1) is 36.2 Å². The number of aromatic amines is 2. The molecule has 0 radical (unpaired) electrons. The lowest BCUT2D eigenvalue weighted by atomic mass is 9.98. The molecule has 5 nitrogen and oxygen atoms in total. The van der Waals surface area contributed by atoms with Gasteiger partial charge in [-0.1, -0.05) is 48.5 Å². The summed E-state index contributed by atoms with van der Waals surface area (Å²) in [6.07, 6.45) is 7.84. The van der Waals surface area contributed by atoms with Gasteiger partial charge in [-0.25, -0.2) is 9.97 Å². The number of H-pyrrole nitrogens is 2. The predicted molar refractivity (Wildman–Crippen MR) is 129 cm³/mol. The van der Waals surface area contributed by atoms with Crippen molar-refractivity contribution in [1.29, 1.82) is 0 Å². The third-order valence-electron chi connectivity index (χ3n) is 6.48. The molecule has 0 aliphatic carbocycles. The van der Waals surface area contributed by atoms with E-state index in [1.54, 1.807) is 6.33 Å². The second-order valence-electron chi connectivity index (χ2n) is 8.70. The molecule has 0 amide bonds. The number of aromatic nitrogens is 4. The lowest BCUT2D eigenvalue weighted by Crippen LogP contribution is -2.21. The highest BCUT2D eigenvalue weighted by atomic mass is 15.1. The Bertz CT molecular complexity index is 1370. The van der Waals surface area contributed by atoms with E-state index < -0.39 is 0 Å². The minimum atomic E-state index is 0.335. The first kappa shape index (κ1) is 19.0. The second-order valence-corrected chi connectivity index (χ2v) is 8.70. The fourth-order valence-corrected chi connectivity index (χ4v) is 4.65. The Morgan fingerprint density at radius 1 is 0.750 bits per heavy atom. The van der Waals surface area contributed by atoms with Crippen LogP contribution in [0, 0.1) is 0 Å². The Morgan fingerprint density at radius 3 is 2.19 bits per heavy atom. The van der Waals surface area contributed by atoms with Gasteiger partial charge >= 0.3 is 0 Å². The largest absolute Gasteiger partial charge is 0.345 e. The second kappa shape index (κ2) is 7.77. The van der Waals surface area contributed by atoms with Crippen LogP contribution in [-0.4, -0.2) is 26.0 Å². The molecular weight excluding hydrogens is 394 g/mol. The summed E-state index contributed by atoms with van der Waals surface area (Å²) in [6, 6.07) is 22.7. The van der Waals surface area contributed by atoms with Gasteiger partial charge < -0.3 is 15.3 Å². The molecule has 32 heavy (non-hydrogen) atoms. The average Bonchev–Trinajstić information content (AvgIpc) is 3.60. The molecule has 0 unspecified atom stereocenters. The number of rotatable bonds is 4. The van der Waals surface area contributed by atoms with Gasteiger partial charge in [0, 0.05) is 11.6 Å². The van der Waals surface area contributed by atoms with Gasteiger partial charge in [-0.2, -0.15) is 0 Å². The van der Waals surface area contributed by atoms with Crippen LogP contribution in [0.2, 0.25) is 0 Å². The van der Waals surface area contributed by atoms with E-state index in [0.29, 0.717) is 12.1 Å². The highest BCUT2D eigenvalue weighted by Gasteiger charge is 2.24. The number of hydrogen-bond donors (Lipinski definition) is 3. The molecule has 1 aliphatic heterocycles. The molecule has 3 heterocycles. The molecule has 2 aromatic heterocycles. The summed E-state index contributed by atoms with van der Waals surface area (Å²) in [5.74, 6) is 1.04. The van der Waals surface area contributed by atoms with E-state index in [4.69, 9.17) is 0 Å². The molecule has 1 saturated heterocycles. The monoisotopic (exact) mass is 419 g/mol. The van der Waals surface area contributed by atoms with Crippen molar-refractivity contribution in [2.75, 3.05) is 0 Å². The van der Waals surface area contributed by atoms with Gasteiger partial charge in [-0.15, -0.1) is 0 Å². The van der Waals surface area contributed by atoms with Crippen LogP contribution in [0.1, 0.15) is 31.6 Å². The van der Waals surface area contributed by atoms with Gasteiger partial charge in [0.25, 0.3) is 0 Å². The van der Waals surface area contributed by atoms with E-state index in [1.807, 2.05) is 12.4 Å². The number of benzene rings is 3. The maximum Gasteiger partial charge on any atom is 0.123 e. The normalized spacial score (nSPS) is 18.4. The molecule has 1 aliphatic rings. The fourth-order valence-electron chi connectivity index (χ4n) is 4.65. The number of hydrogen-bond acceptors (Lipinski definition) is 3. The third-order valence-corrected chi connectivity index (χ3v) is 6.48. The first-order chi connectivity index (χ1) is 15.7. The SMILES string of the molecule is C[C@H]1CC[C@@H](c2ncc(-c3ccc4cc(-c5ccc(-c6cnc[nH]6)cc5)ccc4c3)[nH]2)N1. The van der Waals surface area contributed by atoms with Crippen LogP contribution in [0.15, 0.2) is 79.4 Å². The first-order valence-electron chi connectivity index (χ1n) is 11.2. The summed E-state index contributed by atoms with van der Waals surface area (Å²) in [4.78, 5) is 15.4. The van der Waals surface area contributed by atoms with Crippen molar-refractivity contribution in [3.8, 4) is 33.6 Å². The van der Waals surface area contributed by atoms with E-state index in [1.165, 1.54) is 33.9 Å². The zero-order chi connectivity index (χ0) is 21.5. The summed E-state index contributed by atoms with van der Waals surface area (Å²) in [7, 11) is 0. The molecular formula is C27H25N5. The topological polar surface area (TPSA) is 69.4 Å². The van der Waals surface area contributed by atoms with Crippen molar-refractivity contribution >= 4 is 10.8 Å². The third kappa shape index (κ3) is 3.51. The predicted octanol–water partition coefficient (Wildman–Crippen LogP) is 6.10. The number of nitrogens with zero attached hydrogens (tertiary/aromatic N) is 2. The minimum Gasteiger partial charge on any atom is -0.345 e. The Hall–Kier alpha value is -3.70. The van der Waals surface area contributed by atoms with Crippen molar-refractivity contribution in [1.82, 2.24) is 25.3 Å². The Morgan fingerprint density at radius 2 is 1.47 bits per heavy atom. The zero-order valence-corrected chi connectivity index (χ0v) is 18.0. The standard InChI is InChI=1S/C27H25N5/c1-17-2-11-24(31-17)27-29-15-26(32-27)23-10-9-21-12-20(7-8-22(21)13-23)18-3-5-19(6-4-18)25-14-28-16-30-25/h3-10,12-17,24,31H,2,11H2,1H3,(H,28,30)(H,29,32)/t17-,24-/m0/s1. The van der Waals surface area contributed by atoms with Crippen molar-refractivity contribution in [3.63, 3.8) is 0 Å². The van der Waals surface area contributed by atoms with Crippen LogP contribution in [-0.2, 0) is 0 Å². The van der Waals surface area contributed by atoms with E-state index in [2.05, 4.69) is 92.8 Å². The summed E-state index contributed by atoms with van der Waals surface area (Å²) in [5, 5.41) is 6.06. The molecule has 5 heteroatoms. The van der Waals surface area contributed by atoms with Crippen LogP contribution < -0.4 is 5.32 Å². The summed E-state index contributed by atoms with van der Waals surface area (Å²) < 4.78 is 0. The van der Waals surface area contributed by atoms with Crippen LogP contribution in [0.3, 0.4) is 0 Å². The lowest BCUT2D eigenvalue weighted by Gasteiger charge is -2.09. The number of nitrogens with one attached hydrogen (secondary N) is 3. The van der Waals surface area contributed by atoms with E-state index in [-0.39, 0.29) is 0 Å². The highest BCUT2D eigenvalue weighted by Crippen LogP contribution is 2.30. The van der Waals surface area contributed by atoms with Crippen molar-refractivity contribution in [2.24, 2.45) is 0 Å². The van der Waals surface area contributed by atoms with E-state index >= 15 is 0 Å². The summed E-state index contributed by atoms with van der Waals surface area (Å²) in [6.45, 7) is 2.23. The van der Waals surface area contributed by atoms with Crippen LogP contribution >= 0.6 is 0 Å². The molecule has 0 saturated carbocycles. The first-order valence-corrected chi connectivity index (χ1v) is 11.2. The molecule has 0 bridgehead atoms. The van der Waals surface area contributed by atoms with Gasteiger partial charge in [0.1, 0.15) is 5.82 Å². The van der Waals surface area contributed by atoms with Crippen molar-refractivity contribution < 1.29 is 0 Å². The number of fused-ring (bicyclic) bond motifs is 1. The van der Waals surface area contributed by atoms with Crippen LogP contribution in [0.4, 0.5) is 0 Å². The number of imidazole rings is 2. The molecule has 3 N–H and O–H groups in total. The Balaban J connectivity index is 1.26. The maximum atomic E-state index is 4.64. The van der Waals surface area contributed by atoms with Gasteiger partial charge in [-0.05, 0) is 59.4 Å². The quantitative estimate of drug-likeness (QED) is 0.330. The summed E-state index contributed by atoms with van der Waals surface area (Å²) >= 11 is 0. The molecule has 1 fully saturated rings. The molecule has 6 rings (SSSR count). The van der Waals surface area contributed by atoms with Crippen molar-refractivity contribution in [3.05, 3.63) is 85.2 Å². The van der Waals surface area contributed by atoms with Gasteiger partial charge in [0.2, 0.25) is 0 Å². The molecule has 3 aromatic carbocycles. The zero-order valence-electron chi connectivity index (χ0n) is 18.0. The lowest BCUT2D eigenvalue weighted by molar-refractivity contribution is 0.564. The van der Waals surface area contributed by atoms with Crippen LogP contribution in [0.25, 0.3) is 44.4 Å². The van der Waals surface area contributed by atoms with Gasteiger partial charge in [-0.3, -0.25) is 0 Å². The molecule has 2 atom stereocenters. The van der Waals surface area contributed by atoms with E-state index in [0.717, 1.165) is 29.2 Å². The smallest absolute Gasteiger partial charge is 0.123 e. The molecule has 158 valence electrons. The van der Waals surface area contributed by atoms with E-state index in [9.17, 15) is 0 Å². The maximum absolute atomic E-state index is 4.64. The minimum absolute atomic E-state index is 0.335.